The Morgan fingerprint density at radius 1 is 1.57 bits per heavy atom. The number of rotatable bonds is 5. The van der Waals surface area contributed by atoms with Gasteiger partial charge in [0.1, 0.15) is 5.75 Å². The lowest BCUT2D eigenvalue weighted by atomic mass is 10.1. The second kappa shape index (κ2) is 7.79. The number of amides is 2. The van der Waals surface area contributed by atoms with Gasteiger partial charge in [-0.25, -0.2) is 4.79 Å². The number of carbonyl (C=O) groups is 1. The first kappa shape index (κ1) is 17.7. The molecular weight excluding hydrogens is 330 g/mol. The van der Waals surface area contributed by atoms with Crippen molar-refractivity contribution in [3.05, 3.63) is 23.2 Å². The normalized spacial score (nSPS) is 19.0. The van der Waals surface area contributed by atoms with Gasteiger partial charge < -0.3 is 20.1 Å². The van der Waals surface area contributed by atoms with E-state index in [0.29, 0.717) is 18.7 Å². The fraction of sp³-hybridized carbons (Fsp3) is 0.533. The molecule has 1 saturated heterocycles. The van der Waals surface area contributed by atoms with Crippen LogP contribution in [0.1, 0.15) is 26.2 Å². The molecule has 1 aliphatic heterocycles. The highest BCUT2D eigenvalue weighted by molar-refractivity contribution is 6.32. The van der Waals surface area contributed by atoms with Crippen LogP contribution in [-0.2, 0) is 0 Å². The Balaban J connectivity index is 2.05. The van der Waals surface area contributed by atoms with Crippen molar-refractivity contribution in [1.29, 1.82) is 0 Å². The number of benzene rings is 1. The summed E-state index contributed by atoms with van der Waals surface area (Å²) in [5, 5.41) is 12.2. The van der Waals surface area contributed by atoms with E-state index in [1.54, 1.807) is 11.8 Å². The van der Waals surface area contributed by atoms with Gasteiger partial charge in [0.25, 0.3) is 0 Å². The molecule has 1 heterocycles. The maximum Gasteiger partial charge on any atom is 0.387 e. The Morgan fingerprint density at radius 2 is 2.30 bits per heavy atom. The minimum atomic E-state index is -2.99. The van der Waals surface area contributed by atoms with Gasteiger partial charge in [0.15, 0.2) is 0 Å². The van der Waals surface area contributed by atoms with Crippen LogP contribution in [0.4, 0.5) is 19.3 Å². The molecule has 128 valence electrons. The molecule has 0 unspecified atom stereocenters. The molecule has 0 aromatic heterocycles. The summed E-state index contributed by atoms with van der Waals surface area (Å²) in [4.78, 5) is 14.0. The van der Waals surface area contributed by atoms with Crippen molar-refractivity contribution in [2.45, 2.75) is 44.9 Å². The van der Waals surface area contributed by atoms with E-state index < -0.39 is 12.7 Å². The zero-order chi connectivity index (χ0) is 17.0. The molecule has 1 aromatic rings. The minimum absolute atomic E-state index is 0.0286. The van der Waals surface area contributed by atoms with Gasteiger partial charge in [0, 0.05) is 24.3 Å². The minimum Gasteiger partial charge on any atom is -0.433 e. The van der Waals surface area contributed by atoms with Gasteiger partial charge in [0.2, 0.25) is 0 Å². The number of nitrogens with one attached hydrogen (secondary N) is 1. The van der Waals surface area contributed by atoms with Crippen molar-refractivity contribution in [2.24, 2.45) is 0 Å². The summed E-state index contributed by atoms with van der Waals surface area (Å²) in [6.07, 6.45) is 1.72. The number of hydrogen-bond acceptors (Lipinski definition) is 3. The van der Waals surface area contributed by atoms with Crippen molar-refractivity contribution in [2.75, 3.05) is 11.9 Å². The van der Waals surface area contributed by atoms with Gasteiger partial charge in [-0.05, 0) is 38.3 Å². The lowest BCUT2D eigenvalue weighted by Crippen LogP contribution is -2.40. The number of urea groups is 1. The maximum atomic E-state index is 12.3. The number of hydrogen-bond donors (Lipinski definition) is 2. The van der Waals surface area contributed by atoms with Gasteiger partial charge in [-0.15, -0.1) is 0 Å². The van der Waals surface area contributed by atoms with E-state index in [0.717, 1.165) is 12.8 Å². The molecule has 8 heteroatoms. The van der Waals surface area contributed by atoms with Crippen molar-refractivity contribution in [1.82, 2.24) is 4.90 Å². The summed E-state index contributed by atoms with van der Waals surface area (Å²) in [7, 11) is 0. The van der Waals surface area contributed by atoms with Crippen molar-refractivity contribution < 1.29 is 23.4 Å². The number of nitrogens with zero attached hydrogens (tertiary/aromatic N) is 1. The van der Waals surface area contributed by atoms with E-state index in [2.05, 4.69) is 10.1 Å². The van der Waals surface area contributed by atoms with E-state index in [-0.39, 0.29) is 22.8 Å². The molecule has 0 bridgehead atoms. The molecule has 0 spiro atoms. The third kappa shape index (κ3) is 4.94. The van der Waals surface area contributed by atoms with Gasteiger partial charge in [-0.3, -0.25) is 0 Å². The van der Waals surface area contributed by atoms with Crippen molar-refractivity contribution >= 4 is 23.3 Å². The fourth-order valence-corrected chi connectivity index (χ4v) is 2.87. The lowest BCUT2D eigenvalue weighted by molar-refractivity contribution is -0.0497. The number of ether oxygens (including phenoxy) is 1. The Kier molecular flexibility index (Phi) is 6.01. The van der Waals surface area contributed by atoms with Gasteiger partial charge in [-0.1, -0.05) is 11.6 Å². The lowest BCUT2D eigenvalue weighted by Gasteiger charge is -2.26. The third-order valence-electron chi connectivity index (χ3n) is 3.65. The first-order chi connectivity index (χ1) is 10.9. The van der Waals surface area contributed by atoms with Crippen LogP contribution < -0.4 is 10.1 Å². The number of aliphatic hydroxyl groups is 1. The molecule has 1 aliphatic rings. The Labute approximate surface area is 138 Å². The summed E-state index contributed by atoms with van der Waals surface area (Å²) >= 11 is 5.78. The third-order valence-corrected chi connectivity index (χ3v) is 3.96. The smallest absolute Gasteiger partial charge is 0.387 e. The summed E-state index contributed by atoms with van der Waals surface area (Å²) in [5.74, 6) is -0.193. The molecule has 5 nitrogen and oxygen atoms in total. The predicted molar refractivity (Wildman–Crippen MR) is 83.1 cm³/mol. The molecule has 0 radical (unpaired) electrons. The first-order valence-electron chi connectivity index (χ1n) is 7.37. The summed E-state index contributed by atoms with van der Waals surface area (Å²) in [6.45, 7) is -0.717. The van der Waals surface area contributed by atoms with E-state index in [1.807, 2.05) is 0 Å². The summed E-state index contributed by atoms with van der Waals surface area (Å²) in [5.41, 5.74) is 0.317. The Bertz CT molecular complexity index is 558. The SMILES string of the molecule is C[C@H](O)C[C@@H]1CCCN1C(=O)Nc1ccc(Cl)c(OC(F)F)c1. The number of carbonyl (C=O) groups excluding carboxylic acids is 1. The van der Waals surface area contributed by atoms with Gasteiger partial charge in [-0.2, -0.15) is 8.78 Å². The Hall–Kier alpha value is -1.60. The standard InChI is InChI=1S/C15H19ClF2N2O3/c1-9(21)7-11-3-2-6-20(11)15(22)19-10-4-5-12(16)13(8-10)23-14(17)18/h4-5,8-9,11,14,21H,2-3,6-7H2,1H3,(H,19,22)/t9-,11-/m0/s1. The molecule has 2 N–H and O–H groups in total. The number of halogens is 3. The van der Waals surface area contributed by atoms with Crippen LogP contribution in [0.15, 0.2) is 18.2 Å². The van der Waals surface area contributed by atoms with Crippen LogP contribution in [0.5, 0.6) is 5.75 Å². The van der Waals surface area contributed by atoms with E-state index in [1.165, 1.54) is 18.2 Å². The van der Waals surface area contributed by atoms with Crippen LogP contribution in [0.3, 0.4) is 0 Å². The van der Waals surface area contributed by atoms with Crippen LogP contribution in [-0.4, -0.2) is 41.3 Å². The summed E-state index contributed by atoms with van der Waals surface area (Å²) in [6, 6.07) is 3.79. The molecule has 1 fully saturated rings. The van der Waals surface area contributed by atoms with Crippen molar-refractivity contribution in [3.8, 4) is 5.75 Å². The average Bonchev–Trinajstić information content (AvgIpc) is 2.89. The number of alkyl halides is 2. The average molecular weight is 349 g/mol. The molecular formula is C15H19ClF2N2O3. The Morgan fingerprint density at radius 3 is 2.96 bits per heavy atom. The second-order valence-corrected chi connectivity index (χ2v) is 5.94. The van der Waals surface area contributed by atoms with E-state index >= 15 is 0 Å². The molecule has 2 atom stereocenters. The zero-order valence-electron chi connectivity index (χ0n) is 12.6. The molecule has 0 saturated carbocycles. The van der Waals surface area contributed by atoms with Crippen LogP contribution in [0.2, 0.25) is 5.02 Å². The van der Waals surface area contributed by atoms with Crippen LogP contribution >= 0.6 is 11.6 Å². The molecule has 0 aliphatic carbocycles. The fourth-order valence-electron chi connectivity index (χ4n) is 2.70. The number of likely N-dealkylation sites (tertiary alicyclic amines) is 1. The topological polar surface area (TPSA) is 61.8 Å². The highest BCUT2D eigenvalue weighted by Crippen LogP contribution is 2.30. The molecule has 2 rings (SSSR count). The van der Waals surface area contributed by atoms with E-state index in [4.69, 9.17) is 11.6 Å². The molecule has 23 heavy (non-hydrogen) atoms. The maximum absolute atomic E-state index is 12.3. The van der Waals surface area contributed by atoms with Crippen LogP contribution in [0, 0.1) is 0 Å². The number of aliphatic hydroxyl groups excluding tert-OH is 1. The van der Waals surface area contributed by atoms with Gasteiger partial charge in [0.05, 0.1) is 11.1 Å². The van der Waals surface area contributed by atoms with Crippen LogP contribution in [0.25, 0.3) is 0 Å². The monoisotopic (exact) mass is 348 g/mol. The van der Waals surface area contributed by atoms with Crippen molar-refractivity contribution in [3.63, 3.8) is 0 Å². The molecule has 1 aromatic carbocycles. The number of anilines is 1. The quantitative estimate of drug-likeness (QED) is 0.852. The zero-order valence-corrected chi connectivity index (χ0v) is 13.4. The predicted octanol–water partition coefficient (Wildman–Crippen LogP) is 3.71. The molecule has 2 amide bonds. The second-order valence-electron chi connectivity index (χ2n) is 5.53. The highest BCUT2D eigenvalue weighted by Gasteiger charge is 2.29. The first-order valence-corrected chi connectivity index (χ1v) is 7.74. The van der Waals surface area contributed by atoms with E-state index in [9.17, 15) is 18.7 Å². The highest BCUT2D eigenvalue weighted by atomic mass is 35.5. The largest absolute Gasteiger partial charge is 0.433 e. The summed E-state index contributed by atoms with van der Waals surface area (Å²) < 4.78 is 28.9. The van der Waals surface area contributed by atoms with Gasteiger partial charge >= 0.3 is 12.6 Å².